The summed E-state index contributed by atoms with van der Waals surface area (Å²) in [5, 5.41) is 6.81. The van der Waals surface area contributed by atoms with Crippen LogP contribution in [0.3, 0.4) is 0 Å². The van der Waals surface area contributed by atoms with Crippen molar-refractivity contribution >= 4 is 23.1 Å². The van der Waals surface area contributed by atoms with E-state index in [1.54, 1.807) is 0 Å². The van der Waals surface area contributed by atoms with E-state index in [1.807, 2.05) is 7.05 Å². The number of hydrogen-bond acceptors (Lipinski definition) is 6. The zero-order valence-corrected chi connectivity index (χ0v) is 13.8. The van der Waals surface area contributed by atoms with E-state index in [0.717, 1.165) is 43.7 Å². The average molecular weight is 313 g/mol. The van der Waals surface area contributed by atoms with Gasteiger partial charge in [-0.3, -0.25) is 0 Å². The Morgan fingerprint density at radius 2 is 2.05 bits per heavy atom. The van der Waals surface area contributed by atoms with Gasteiger partial charge in [-0.2, -0.15) is 0 Å². The maximum atomic E-state index is 6.03. The molecule has 1 aliphatic heterocycles. The monoisotopic (exact) mass is 312 g/mol. The smallest absolute Gasteiger partial charge is 0.157 e. The highest BCUT2D eigenvalue weighted by Crippen LogP contribution is 2.25. The molecule has 2 rings (SSSR count). The standard InChI is InChI=1S/C14H25ClN6/c1-16-12-13(15)18-10-19-14(12)17-6-9-21-7-4-11(5-8-21)20(2)3/h10-11,16H,4-9H2,1-3H3,(H,17,18,19). The fourth-order valence-corrected chi connectivity index (χ4v) is 2.94. The van der Waals surface area contributed by atoms with Crippen LogP contribution >= 0.6 is 11.6 Å². The van der Waals surface area contributed by atoms with Crippen molar-refractivity contribution in [3.63, 3.8) is 0 Å². The minimum atomic E-state index is 0.446. The van der Waals surface area contributed by atoms with E-state index in [9.17, 15) is 0 Å². The molecule has 6 nitrogen and oxygen atoms in total. The summed E-state index contributed by atoms with van der Waals surface area (Å²) in [5.41, 5.74) is 0.755. The minimum absolute atomic E-state index is 0.446. The maximum absolute atomic E-state index is 6.03. The zero-order valence-electron chi connectivity index (χ0n) is 13.1. The number of nitrogens with zero attached hydrogens (tertiary/aromatic N) is 4. The highest BCUT2D eigenvalue weighted by atomic mass is 35.5. The lowest BCUT2D eigenvalue weighted by molar-refractivity contribution is 0.148. The molecule has 1 aliphatic rings. The second-order valence-electron chi connectivity index (χ2n) is 5.60. The van der Waals surface area contributed by atoms with Crippen molar-refractivity contribution in [1.82, 2.24) is 19.8 Å². The van der Waals surface area contributed by atoms with Crippen LogP contribution in [0.15, 0.2) is 6.33 Å². The van der Waals surface area contributed by atoms with E-state index in [-0.39, 0.29) is 0 Å². The number of anilines is 2. The normalized spacial score (nSPS) is 17.2. The molecule has 0 unspecified atom stereocenters. The van der Waals surface area contributed by atoms with Gasteiger partial charge in [0.25, 0.3) is 0 Å². The Balaban J connectivity index is 1.77. The Bertz CT molecular complexity index is 445. The van der Waals surface area contributed by atoms with Crippen molar-refractivity contribution in [3.05, 3.63) is 11.5 Å². The van der Waals surface area contributed by atoms with Crippen molar-refractivity contribution in [1.29, 1.82) is 0 Å². The van der Waals surface area contributed by atoms with Crippen molar-refractivity contribution in [2.75, 3.05) is 58.0 Å². The van der Waals surface area contributed by atoms with Gasteiger partial charge in [0.2, 0.25) is 0 Å². The van der Waals surface area contributed by atoms with Gasteiger partial charge in [-0.15, -0.1) is 0 Å². The molecule has 1 aromatic rings. The molecule has 21 heavy (non-hydrogen) atoms. The van der Waals surface area contributed by atoms with E-state index >= 15 is 0 Å². The Kier molecular flexibility index (Phi) is 6.02. The van der Waals surface area contributed by atoms with Gasteiger partial charge in [0, 0.05) is 26.2 Å². The van der Waals surface area contributed by atoms with Crippen molar-refractivity contribution in [3.8, 4) is 0 Å². The van der Waals surface area contributed by atoms with Crippen LogP contribution in [-0.4, -0.2) is 73.1 Å². The minimum Gasteiger partial charge on any atom is -0.383 e. The van der Waals surface area contributed by atoms with Crippen LogP contribution in [-0.2, 0) is 0 Å². The summed E-state index contributed by atoms with van der Waals surface area (Å²) in [4.78, 5) is 13.0. The molecule has 0 aromatic carbocycles. The van der Waals surface area contributed by atoms with Gasteiger partial charge in [-0.05, 0) is 40.0 Å². The fraction of sp³-hybridized carbons (Fsp3) is 0.714. The summed E-state index contributed by atoms with van der Waals surface area (Å²) >= 11 is 6.03. The molecule has 0 bridgehead atoms. The molecular weight excluding hydrogens is 288 g/mol. The van der Waals surface area contributed by atoms with Crippen LogP contribution in [0.1, 0.15) is 12.8 Å². The van der Waals surface area contributed by atoms with Gasteiger partial charge in [0.05, 0.1) is 0 Å². The Hall–Kier alpha value is -1.11. The second kappa shape index (κ2) is 7.77. The molecule has 0 saturated carbocycles. The summed E-state index contributed by atoms with van der Waals surface area (Å²) in [7, 11) is 6.15. The summed E-state index contributed by atoms with van der Waals surface area (Å²) in [5.74, 6) is 0.765. The quantitative estimate of drug-likeness (QED) is 0.778. The molecule has 1 fully saturated rings. The SMILES string of the molecule is CNc1c(Cl)ncnc1NCCN1CCC(N(C)C)CC1. The lowest BCUT2D eigenvalue weighted by atomic mass is 10.0. The third-order valence-electron chi connectivity index (χ3n) is 4.06. The first-order valence-electron chi connectivity index (χ1n) is 7.42. The summed E-state index contributed by atoms with van der Waals surface area (Å²) in [6.45, 7) is 4.20. The van der Waals surface area contributed by atoms with Crippen LogP contribution < -0.4 is 10.6 Å². The molecule has 0 atom stereocenters. The highest BCUT2D eigenvalue weighted by molar-refractivity contribution is 6.32. The lowest BCUT2D eigenvalue weighted by Crippen LogP contribution is -2.43. The number of halogens is 1. The Morgan fingerprint density at radius 3 is 2.67 bits per heavy atom. The first kappa shape index (κ1) is 16.3. The number of hydrogen-bond donors (Lipinski definition) is 2. The predicted octanol–water partition coefficient (Wildman–Crippen LogP) is 1.61. The van der Waals surface area contributed by atoms with E-state index in [2.05, 4.69) is 44.5 Å². The number of likely N-dealkylation sites (tertiary alicyclic amines) is 1. The van der Waals surface area contributed by atoms with Gasteiger partial charge in [-0.1, -0.05) is 11.6 Å². The average Bonchev–Trinajstić information content (AvgIpc) is 2.48. The van der Waals surface area contributed by atoms with Crippen molar-refractivity contribution in [2.45, 2.75) is 18.9 Å². The lowest BCUT2D eigenvalue weighted by Gasteiger charge is -2.35. The van der Waals surface area contributed by atoms with Crippen LogP contribution in [0.25, 0.3) is 0 Å². The van der Waals surface area contributed by atoms with Crippen LogP contribution in [0.2, 0.25) is 5.15 Å². The van der Waals surface area contributed by atoms with E-state index in [4.69, 9.17) is 11.6 Å². The molecular formula is C14H25ClN6. The third-order valence-corrected chi connectivity index (χ3v) is 4.35. The first-order chi connectivity index (χ1) is 10.1. The number of rotatable bonds is 6. The summed E-state index contributed by atoms with van der Waals surface area (Å²) in [6.07, 6.45) is 3.97. The Labute approximate surface area is 131 Å². The molecule has 0 aliphatic carbocycles. The van der Waals surface area contributed by atoms with E-state index in [0.29, 0.717) is 5.15 Å². The van der Waals surface area contributed by atoms with Gasteiger partial charge in [-0.25, -0.2) is 9.97 Å². The predicted molar refractivity (Wildman–Crippen MR) is 88.2 cm³/mol. The molecule has 2 heterocycles. The third kappa shape index (κ3) is 4.43. The fourth-order valence-electron chi connectivity index (χ4n) is 2.71. The second-order valence-corrected chi connectivity index (χ2v) is 5.96. The maximum Gasteiger partial charge on any atom is 0.157 e. The van der Waals surface area contributed by atoms with Gasteiger partial charge < -0.3 is 20.4 Å². The van der Waals surface area contributed by atoms with Gasteiger partial charge >= 0.3 is 0 Å². The number of piperidine rings is 1. The molecule has 118 valence electrons. The summed E-state index contributed by atoms with van der Waals surface area (Å²) < 4.78 is 0. The number of nitrogens with one attached hydrogen (secondary N) is 2. The molecule has 1 aromatic heterocycles. The van der Waals surface area contributed by atoms with Gasteiger partial charge in [0.1, 0.15) is 12.0 Å². The molecule has 0 radical (unpaired) electrons. The molecule has 2 N–H and O–H groups in total. The van der Waals surface area contributed by atoms with Crippen LogP contribution in [0, 0.1) is 0 Å². The van der Waals surface area contributed by atoms with E-state index in [1.165, 1.54) is 19.2 Å². The van der Waals surface area contributed by atoms with Gasteiger partial charge in [0.15, 0.2) is 11.0 Å². The molecule has 1 saturated heterocycles. The number of aromatic nitrogens is 2. The topological polar surface area (TPSA) is 56.3 Å². The van der Waals surface area contributed by atoms with E-state index < -0.39 is 0 Å². The van der Waals surface area contributed by atoms with Crippen molar-refractivity contribution in [2.24, 2.45) is 0 Å². The summed E-state index contributed by atoms with van der Waals surface area (Å²) in [6, 6.07) is 0.728. The molecule has 7 heteroatoms. The molecule has 0 spiro atoms. The first-order valence-corrected chi connectivity index (χ1v) is 7.80. The van der Waals surface area contributed by atoms with Crippen LogP contribution in [0.5, 0.6) is 0 Å². The highest BCUT2D eigenvalue weighted by Gasteiger charge is 2.20. The molecule has 0 amide bonds. The zero-order chi connectivity index (χ0) is 15.2. The largest absolute Gasteiger partial charge is 0.383 e. The van der Waals surface area contributed by atoms with Crippen LogP contribution in [0.4, 0.5) is 11.5 Å². The van der Waals surface area contributed by atoms with Crippen molar-refractivity contribution < 1.29 is 0 Å². The Morgan fingerprint density at radius 1 is 1.33 bits per heavy atom.